The topological polar surface area (TPSA) is 0 Å². The summed E-state index contributed by atoms with van der Waals surface area (Å²) in [5, 5.41) is 0. The Morgan fingerprint density at radius 1 is 0.550 bits per heavy atom. The summed E-state index contributed by atoms with van der Waals surface area (Å²) in [6.07, 6.45) is 0. The van der Waals surface area contributed by atoms with Gasteiger partial charge in [0.2, 0.25) is 0 Å². The van der Waals surface area contributed by atoms with Crippen molar-refractivity contribution in [3.8, 4) is 22.3 Å². The first-order valence-corrected chi connectivity index (χ1v) is 6.98. The minimum atomic E-state index is 1.28. The van der Waals surface area contributed by atoms with Crippen LogP contribution < -0.4 is 0 Å². The van der Waals surface area contributed by atoms with Crippen molar-refractivity contribution in [2.75, 3.05) is 0 Å². The van der Waals surface area contributed by atoms with Crippen LogP contribution in [0.2, 0.25) is 0 Å². The van der Waals surface area contributed by atoms with Crippen LogP contribution in [0.3, 0.4) is 0 Å². The Labute approximate surface area is 120 Å². The molecule has 0 heteroatoms. The first-order chi connectivity index (χ1) is 9.75. The van der Waals surface area contributed by atoms with Crippen LogP contribution in [0.1, 0.15) is 11.1 Å². The van der Waals surface area contributed by atoms with Crippen molar-refractivity contribution < 1.29 is 0 Å². The van der Waals surface area contributed by atoms with Crippen LogP contribution in [0.15, 0.2) is 72.8 Å². The van der Waals surface area contributed by atoms with E-state index in [1.54, 1.807) is 0 Å². The second kappa shape index (κ2) is 5.34. The lowest BCUT2D eigenvalue weighted by Gasteiger charge is -2.12. The number of rotatable bonds is 2. The van der Waals surface area contributed by atoms with Crippen LogP contribution >= 0.6 is 0 Å². The molecule has 98 valence electrons. The Kier molecular flexibility index (Phi) is 3.39. The number of aryl methyl sites for hydroxylation is 2. The summed E-state index contributed by atoms with van der Waals surface area (Å²) < 4.78 is 0. The third-order valence-corrected chi connectivity index (χ3v) is 3.69. The number of hydrogen-bond acceptors (Lipinski definition) is 0. The van der Waals surface area contributed by atoms with Gasteiger partial charge < -0.3 is 0 Å². The summed E-state index contributed by atoms with van der Waals surface area (Å²) in [4.78, 5) is 0. The molecule has 0 heterocycles. The van der Waals surface area contributed by atoms with Crippen LogP contribution in [-0.4, -0.2) is 0 Å². The molecule has 3 aromatic carbocycles. The Bertz CT molecular complexity index is 738. The lowest BCUT2D eigenvalue weighted by Crippen LogP contribution is -1.88. The van der Waals surface area contributed by atoms with Crippen molar-refractivity contribution in [1.29, 1.82) is 0 Å². The van der Waals surface area contributed by atoms with Crippen molar-refractivity contribution in [2.45, 2.75) is 13.8 Å². The summed E-state index contributed by atoms with van der Waals surface area (Å²) >= 11 is 0. The van der Waals surface area contributed by atoms with Gasteiger partial charge in [0.05, 0.1) is 0 Å². The zero-order chi connectivity index (χ0) is 13.9. The van der Waals surface area contributed by atoms with Gasteiger partial charge in [0.25, 0.3) is 0 Å². The van der Waals surface area contributed by atoms with Gasteiger partial charge in [-0.15, -0.1) is 0 Å². The second-order valence-corrected chi connectivity index (χ2v) is 5.23. The molecule has 0 radical (unpaired) electrons. The Morgan fingerprint density at radius 2 is 1.20 bits per heavy atom. The minimum absolute atomic E-state index is 1.28. The predicted molar refractivity (Wildman–Crippen MR) is 86.8 cm³/mol. The molecule has 3 aromatic rings. The largest absolute Gasteiger partial charge is 0.0620 e. The molecular weight excluding hydrogens is 240 g/mol. The van der Waals surface area contributed by atoms with Gasteiger partial charge >= 0.3 is 0 Å². The molecule has 0 N–H and O–H groups in total. The quantitative estimate of drug-likeness (QED) is 0.558. The van der Waals surface area contributed by atoms with E-state index in [9.17, 15) is 0 Å². The smallest absolute Gasteiger partial charge is 0.0103 e. The van der Waals surface area contributed by atoms with Gasteiger partial charge in [-0.3, -0.25) is 0 Å². The molecule has 0 bridgehead atoms. The summed E-state index contributed by atoms with van der Waals surface area (Å²) in [7, 11) is 0. The van der Waals surface area contributed by atoms with Crippen LogP contribution in [0.4, 0.5) is 0 Å². The highest BCUT2D eigenvalue weighted by Gasteiger charge is 2.08. The molecule has 0 aliphatic carbocycles. The molecule has 0 spiro atoms. The van der Waals surface area contributed by atoms with Gasteiger partial charge in [0, 0.05) is 0 Å². The fourth-order valence-corrected chi connectivity index (χ4v) is 2.66. The molecule has 0 amide bonds. The first-order valence-electron chi connectivity index (χ1n) is 6.98. The molecule has 3 rings (SSSR count). The lowest BCUT2D eigenvalue weighted by molar-refractivity contribution is 1.44. The molecule has 0 saturated carbocycles. The zero-order valence-corrected chi connectivity index (χ0v) is 11.9. The van der Waals surface area contributed by atoms with Gasteiger partial charge in [0.1, 0.15) is 0 Å². The molecule has 0 fully saturated rings. The summed E-state index contributed by atoms with van der Waals surface area (Å²) in [5.41, 5.74) is 7.80. The molecule has 0 atom stereocenters. The highest BCUT2D eigenvalue weighted by molar-refractivity contribution is 5.84. The monoisotopic (exact) mass is 258 g/mol. The van der Waals surface area contributed by atoms with E-state index in [-0.39, 0.29) is 0 Å². The van der Waals surface area contributed by atoms with Crippen LogP contribution in [0, 0.1) is 13.8 Å². The van der Waals surface area contributed by atoms with Crippen molar-refractivity contribution in [2.24, 2.45) is 0 Å². The van der Waals surface area contributed by atoms with Crippen LogP contribution in [-0.2, 0) is 0 Å². The fourth-order valence-electron chi connectivity index (χ4n) is 2.66. The van der Waals surface area contributed by atoms with E-state index >= 15 is 0 Å². The van der Waals surface area contributed by atoms with E-state index < -0.39 is 0 Å². The van der Waals surface area contributed by atoms with Crippen LogP contribution in [0.25, 0.3) is 22.3 Å². The highest BCUT2D eigenvalue weighted by Crippen LogP contribution is 2.33. The number of benzene rings is 3. The van der Waals surface area contributed by atoms with Crippen molar-refractivity contribution in [3.05, 3.63) is 83.9 Å². The standard InChI is InChI=1S/C20H18/c1-15-8-7-10-17(14-15)19-12-5-6-13-20(19)18-11-4-3-9-16(18)2/h3-14H,1-2H3. The maximum atomic E-state index is 2.25. The van der Waals surface area contributed by atoms with Gasteiger partial charge in [-0.05, 0) is 41.7 Å². The summed E-state index contributed by atoms with van der Waals surface area (Å²) in [6.45, 7) is 4.31. The zero-order valence-electron chi connectivity index (χ0n) is 11.9. The lowest BCUT2D eigenvalue weighted by atomic mass is 9.92. The maximum Gasteiger partial charge on any atom is -0.0103 e. The molecule has 0 aromatic heterocycles. The molecular formula is C20H18. The van der Waals surface area contributed by atoms with Gasteiger partial charge in [-0.25, -0.2) is 0 Å². The highest BCUT2D eigenvalue weighted by atomic mass is 14.1. The molecule has 0 unspecified atom stereocenters. The Hall–Kier alpha value is -2.34. The molecule has 20 heavy (non-hydrogen) atoms. The third-order valence-electron chi connectivity index (χ3n) is 3.69. The molecule has 0 aliphatic rings. The van der Waals surface area contributed by atoms with E-state index in [4.69, 9.17) is 0 Å². The van der Waals surface area contributed by atoms with E-state index in [2.05, 4.69) is 86.6 Å². The SMILES string of the molecule is Cc1cccc(-c2ccccc2-c2ccccc2C)c1. The summed E-state index contributed by atoms with van der Waals surface area (Å²) in [6, 6.07) is 25.9. The second-order valence-electron chi connectivity index (χ2n) is 5.23. The predicted octanol–water partition coefficient (Wildman–Crippen LogP) is 5.64. The Morgan fingerprint density at radius 3 is 1.90 bits per heavy atom. The minimum Gasteiger partial charge on any atom is -0.0620 e. The average molecular weight is 258 g/mol. The van der Waals surface area contributed by atoms with Gasteiger partial charge in [-0.1, -0.05) is 78.4 Å². The van der Waals surface area contributed by atoms with Gasteiger partial charge in [-0.2, -0.15) is 0 Å². The normalized spacial score (nSPS) is 10.5. The molecule has 0 saturated heterocycles. The molecule has 0 nitrogen and oxygen atoms in total. The third kappa shape index (κ3) is 2.37. The first kappa shape index (κ1) is 12.7. The van der Waals surface area contributed by atoms with E-state index in [1.165, 1.54) is 33.4 Å². The Balaban J connectivity index is 2.22. The van der Waals surface area contributed by atoms with Gasteiger partial charge in [0.15, 0.2) is 0 Å². The molecule has 0 aliphatic heterocycles. The average Bonchev–Trinajstić information content (AvgIpc) is 2.48. The van der Waals surface area contributed by atoms with E-state index in [0.29, 0.717) is 0 Å². The van der Waals surface area contributed by atoms with Crippen molar-refractivity contribution in [3.63, 3.8) is 0 Å². The number of hydrogen-bond donors (Lipinski definition) is 0. The van der Waals surface area contributed by atoms with Crippen molar-refractivity contribution >= 4 is 0 Å². The summed E-state index contributed by atoms with van der Waals surface area (Å²) in [5.74, 6) is 0. The van der Waals surface area contributed by atoms with Crippen molar-refractivity contribution in [1.82, 2.24) is 0 Å². The van der Waals surface area contributed by atoms with E-state index in [0.717, 1.165) is 0 Å². The maximum absolute atomic E-state index is 2.25. The van der Waals surface area contributed by atoms with Crippen LogP contribution in [0.5, 0.6) is 0 Å². The fraction of sp³-hybridized carbons (Fsp3) is 0.100. The van der Waals surface area contributed by atoms with E-state index in [1.807, 2.05) is 0 Å².